The Kier molecular flexibility index (Phi) is 5.26. The number of carbonyl (C=O) groups is 2. The number of aldehydes is 1. The molecular formula is C13H17NO2. The summed E-state index contributed by atoms with van der Waals surface area (Å²) in [5.74, 6) is -0.0597. The monoisotopic (exact) mass is 219 g/mol. The lowest BCUT2D eigenvalue weighted by molar-refractivity contribution is -0.123. The molecule has 0 bridgehead atoms. The second kappa shape index (κ2) is 6.77. The van der Waals surface area contributed by atoms with Crippen molar-refractivity contribution in [3.8, 4) is 0 Å². The molecule has 0 aliphatic heterocycles. The van der Waals surface area contributed by atoms with Crippen molar-refractivity contribution in [3.63, 3.8) is 0 Å². The zero-order valence-electron chi connectivity index (χ0n) is 9.48. The van der Waals surface area contributed by atoms with E-state index in [1.165, 1.54) is 5.56 Å². The van der Waals surface area contributed by atoms with E-state index < -0.39 is 0 Å². The van der Waals surface area contributed by atoms with Gasteiger partial charge in [0.15, 0.2) is 0 Å². The predicted molar refractivity (Wildman–Crippen MR) is 63.0 cm³/mol. The molecule has 0 aromatic heterocycles. The maximum atomic E-state index is 11.3. The van der Waals surface area contributed by atoms with Gasteiger partial charge in [-0.05, 0) is 25.3 Å². The molecule has 0 fully saturated rings. The summed E-state index contributed by atoms with van der Waals surface area (Å²) in [6.45, 7) is 1.67. The van der Waals surface area contributed by atoms with Crippen molar-refractivity contribution in [2.24, 2.45) is 0 Å². The van der Waals surface area contributed by atoms with Crippen LogP contribution in [0.1, 0.15) is 25.3 Å². The molecule has 0 aliphatic carbocycles. The fourth-order valence-electron chi connectivity index (χ4n) is 1.46. The molecule has 1 aromatic rings. The van der Waals surface area contributed by atoms with Crippen molar-refractivity contribution in [1.29, 1.82) is 0 Å². The van der Waals surface area contributed by atoms with Crippen LogP contribution in [0.2, 0.25) is 0 Å². The van der Waals surface area contributed by atoms with Crippen LogP contribution in [-0.2, 0) is 16.0 Å². The van der Waals surface area contributed by atoms with Crippen molar-refractivity contribution in [2.75, 3.05) is 0 Å². The summed E-state index contributed by atoms with van der Waals surface area (Å²) in [6.07, 6.45) is 2.90. The molecular weight excluding hydrogens is 202 g/mol. The fraction of sp³-hybridized carbons (Fsp3) is 0.385. The largest absolute Gasteiger partial charge is 0.347 e. The molecule has 1 amide bonds. The zero-order chi connectivity index (χ0) is 11.8. The first-order chi connectivity index (χ1) is 7.72. The average Bonchev–Trinajstić information content (AvgIpc) is 2.30. The van der Waals surface area contributed by atoms with Crippen LogP contribution >= 0.6 is 0 Å². The summed E-state index contributed by atoms with van der Waals surface area (Å²) in [5, 5.41) is 2.61. The summed E-state index contributed by atoms with van der Waals surface area (Å²) in [7, 11) is 0. The van der Waals surface area contributed by atoms with Gasteiger partial charge in [0.25, 0.3) is 0 Å². The Labute approximate surface area is 95.9 Å². The Morgan fingerprint density at radius 1 is 1.38 bits per heavy atom. The molecule has 0 heterocycles. The molecule has 0 aliphatic rings. The Balaban J connectivity index is 2.21. The highest BCUT2D eigenvalue weighted by atomic mass is 16.2. The lowest BCUT2D eigenvalue weighted by atomic mass is 10.1. The Hall–Kier alpha value is -1.64. The Bertz CT molecular complexity index is 335. The minimum absolute atomic E-state index is 0.0597. The normalized spacial score (nSPS) is 11.8. The van der Waals surface area contributed by atoms with Gasteiger partial charge in [0.05, 0.1) is 6.04 Å². The highest BCUT2D eigenvalue weighted by Crippen LogP contribution is 2.04. The van der Waals surface area contributed by atoms with E-state index in [2.05, 4.69) is 5.32 Å². The third kappa shape index (κ3) is 4.73. The first-order valence-electron chi connectivity index (χ1n) is 5.51. The predicted octanol–water partition coefficient (Wildman–Crippen LogP) is 1.71. The van der Waals surface area contributed by atoms with Gasteiger partial charge in [-0.2, -0.15) is 0 Å². The average molecular weight is 219 g/mol. The summed E-state index contributed by atoms with van der Waals surface area (Å²) in [4.78, 5) is 21.7. The number of aryl methyl sites for hydroxylation is 1. The van der Waals surface area contributed by atoms with Crippen LogP contribution in [-0.4, -0.2) is 18.2 Å². The molecule has 0 radical (unpaired) electrons. The van der Waals surface area contributed by atoms with Crippen LogP contribution in [0.15, 0.2) is 30.3 Å². The minimum atomic E-state index is -0.385. The summed E-state index contributed by atoms with van der Waals surface area (Å²) < 4.78 is 0. The lowest BCUT2D eigenvalue weighted by Gasteiger charge is -2.06. The number of rotatable bonds is 6. The van der Waals surface area contributed by atoms with Gasteiger partial charge in [0.1, 0.15) is 6.29 Å². The van der Waals surface area contributed by atoms with Gasteiger partial charge in [-0.3, -0.25) is 4.79 Å². The van der Waals surface area contributed by atoms with E-state index in [4.69, 9.17) is 0 Å². The molecule has 1 atom stereocenters. The summed E-state index contributed by atoms with van der Waals surface area (Å²) in [6, 6.07) is 9.66. The zero-order valence-corrected chi connectivity index (χ0v) is 9.48. The van der Waals surface area contributed by atoms with E-state index >= 15 is 0 Å². The number of nitrogens with one attached hydrogen (secondary N) is 1. The van der Waals surface area contributed by atoms with Crippen molar-refractivity contribution >= 4 is 12.2 Å². The molecule has 86 valence electrons. The van der Waals surface area contributed by atoms with Crippen LogP contribution in [0.3, 0.4) is 0 Å². The van der Waals surface area contributed by atoms with E-state index in [0.29, 0.717) is 6.42 Å². The number of carbonyl (C=O) groups excluding carboxylic acids is 2. The molecule has 1 unspecified atom stereocenters. The van der Waals surface area contributed by atoms with Gasteiger partial charge in [0, 0.05) is 6.42 Å². The standard InChI is InChI=1S/C13H17NO2/c1-11(10-15)14-13(16)9-5-8-12-6-3-2-4-7-12/h2-4,6-7,10-11H,5,8-9H2,1H3,(H,14,16). The number of hydrogen-bond donors (Lipinski definition) is 1. The molecule has 16 heavy (non-hydrogen) atoms. The maximum absolute atomic E-state index is 11.3. The van der Waals surface area contributed by atoms with Crippen LogP contribution in [0.25, 0.3) is 0 Å². The maximum Gasteiger partial charge on any atom is 0.220 e. The molecule has 0 spiro atoms. The van der Waals surface area contributed by atoms with Crippen LogP contribution in [0.4, 0.5) is 0 Å². The molecule has 1 aromatic carbocycles. The lowest BCUT2D eigenvalue weighted by Crippen LogP contribution is -2.33. The first kappa shape index (κ1) is 12.4. The van der Waals surface area contributed by atoms with Gasteiger partial charge in [0.2, 0.25) is 5.91 Å². The first-order valence-corrected chi connectivity index (χ1v) is 5.51. The second-order valence-corrected chi connectivity index (χ2v) is 3.83. The summed E-state index contributed by atoms with van der Waals surface area (Å²) >= 11 is 0. The summed E-state index contributed by atoms with van der Waals surface area (Å²) in [5.41, 5.74) is 1.23. The SMILES string of the molecule is CC(C=O)NC(=O)CCCc1ccccc1. The quantitative estimate of drug-likeness (QED) is 0.740. The van der Waals surface area contributed by atoms with Crippen LogP contribution in [0, 0.1) is 0 Å². The molecule has 0 saturated heterocycles. The molecule has 1 rings (SSSR count). The van der Waals surface area contributed by atoms with Crippen LogP contribution in [0.5, 0.6) is 0 Å². The highest BCUT2D eigenvalue weighted by Gasteiger charge is 2.05. The van der Waals surface area contributed by atoms with E-state index in [9.17, 15) is 9.59 Å². The number of benzene rings is 1. The fourth-order valence-corrected chi connectivity index (χ4v) is 1.46. The van der Waals surface area contributed by atoms with Gasteiger partial charge >= 0.3 is 0 Å². The molecule has 0 saturated carbocycles. The van der Waals surface area contributed by atoms with E-state index in [0.717, 1.165) is 19.1 Å². The van der Waals surface area contributed by atoms with Crippen molar-refractivity contribution < 1.29 is 9.59 Å². The van der Waals surface area contributed by atoms with Crippen molar-refractivity contribution in [2.45, 2.75) is 32.2 Å². The van der Waals surface area contributed by atoms with E-state index in [-0.39, 0.29) is 11.9 Å². The molecule has 3 nitrogen and oxygen atoms in total. The third-order valence-electron chi connectivity index (χ3n) is 2.30. The number of hydrogen-bond acceptors (Lipinski definition) is 2. The topological polar surface area (TPSA) is 46.2 Å². The van der Waals surface area contributed by atoms with Crippen molar-refractivity contribution in [3.05, 3.63) is 35.9 Å². The third-order valence-corrected chi connectivity index (χ3v) is 2.30. The van der Waals surface area contributed by atoms with Crippen molar-refractivity contribution in [1.82, 2.24) is 5.32 Å². The van der Waals surface area contributed by atoms with Gasteiger partial charge in [-0.1, -0.05) is 30.3 Å². The Morgan fingerprint density at radius 2 is 2.06 bits per heavy atom. The highest BCUT2D eigenvalue weighted by molar-refractivity contribution is 5.79. The molecule has 3 heteroatoms. The van der Waals surface area contributed by atoms with E-state index in [1.807, 2.05) is 30.3 Å². The number of amides is 1. The van der Waals surface area contributed by atoms with Gasteiger partial charge in [-0.25, -0.2) is 0 Å². The minimum Gasteiger partial charge on any atom is -0.347 e. The smallest absolute Gasteiger partial charge is 0.220 e. The second-order valence-electron chi connectivity index (χ2n) is 3.83. The van der Waals surface area contributed by atoms with Gasteiger partial charge in [-0.15, -0.1) is 0 Å². The van der Waals surface area contributed by atoms with E-state index in [1.54, 1.807) is 6.92 Å². The Morgan fingerprint density at radius 3 is 2.69 bits per heavy atom. The van der Waals surface area contributed by atoms with Crippen LogP contribution < -0.4 is 5.32 Å². The molecule has 1 N–H and O–H groups in total. The van der Waals surface area contributed by atoms with Gasteiger partial charge < -0.3 is 10.1 Å².